The molecule has 1 aliphatic heterocycles. The molecule has 0 aromatic carbocycles. The summed E-state index contributed by atoms with van der Waals surface area (Å²) in [6, 6.07) is 0. The lowest BCUT2D eigenvalue weighted by Gasteiger charge is -2.32. The fourth-order valence-electron chi connectivity index (χ4n) is 1.60. The van der Waals surface area contributed by atoms with Gasteiger partial charge in [-0.2, -0.15) is 0 Å². The lowest BCUT2D eigenvalue weighted by atomic mass is 9.91. The summed E-state index contributed by atoms with van der Waals surface area (Å²) in [6.45, 7) is 1.48. The molecule has 2 N–H and O–H groups in total. The van der Waals surface area contributed by atoms with Crippen LogP contribution in [0.5, 0.6) is 0 Å². The van der Waals surface area contributed by atoms with Crippen LogP contribution in [0.15, 0.2) is 0 Å². The number of hydrogen-bond acceptors (Lipinski definition) is 3. The quantitative estimate of drug-likeness (QED) is 0.605. The van der Waals surface area contributed by atoms with E-state index in [0.717, 1.165) is 13.0 Å². The Hall–Kier alpha value is -0.610. The maximum atomic E-state index is 10.4. The zero-order valence-electron chi connectivity index (χ0n) is 7.23. The molecule has 0 bridgehead atoms. The molecule has 4 heteroatoms. The van der Waals surface area contributed by atoms with Gasteiger partial charge in [-0.05, 0) is 25.9 Å². The number of nitrogens with zero attached hydrogens (tertiary/aromatic N) is 1. The zero-order valence-corrected chi connectivity index (χ0v) is 7.23. The maximum absolute atomic E-state index is 10.4. The van der Waals surface area contributed by atoms with E-state index in [1.54, 1.807) is 0 Å². The third-order valence-corrected chi connectivity index (χ3v) is 2.36. The van der Waals surface area contributed by atoms with Crippen LogP contribution in [0.2, 0.25) is 0 Å². The lowest BCUT2D eigenvalue weighted by molar-refractivity contribution is -0.139. The normalized spacial score (nSPS) is 31.8. The number of carboxylic acids is 1. The first-order chi connectivity index (χ1) is 5.59. The predicted molar refractivity (Wildman–Crippen MR) is 43.9 cm³/mol. The Morgan fingerprint density at radius 1 is 1.67 bits per heavy atom. The second kappa shape index (κ2) is 3.87. The van der Waals surface area contributed by atoms with Crippen molar-refractivity contribution in [2.24, 2.45) is 5.92 Å². The number of rotatable bonds is 2. The zero-order chi connectivity index (χ0) is 9.14. The van der Waals surface area contributed by atoms with Crippen molar-refractivity contribution in [3.8, 4) is 0 Å². The first-order valence-electron chi connectivity index (χ1n) is 4.18. The molecule has 2 atom stereocenters. The molecular weight excluding hydrogens is 158 g/mol. The van der Waals surface area contributed by atoms with E-state index < -0.39 is 12.1 Å². The summed E-state index contributed by atoms with van der Waals surface area (Å²) >= 11 is 0. The highest BCUT2D eigenvalue weighted by molar-refractivity contribution is 5.67. The summed E-state index contributed by atoms with van der Waals surface area (Å²) in [5, 5.41) is 18.0. The van der Waals surface area contributed by atoms with Crippen LogP contribution in [-0.4, -0.2) is 47.3 Å². The van der Waals surface area contributed by atoms with Gasteiger partial charge in [-0.3, -0.25) is 4.79 Å². The van der Waals surface area contributed by atoms with E-state index in [2.05, 4.69) is 0 Å². The van der Waals surface area contributed by atoms with Gasteiger partial charge >= 0.3 is 5.97 Å². The Bertz CT molecular complexity index is 172. The Morgan fingerprint density at radius 3 is 2.83 bits per heavy atom. The van der Waals surface area contributed by atoms with E-state index in [-0.39, 0.29) is 12.3 Å². The van der Waals surface area contributed by atoms with Crippen molar-refractivity contribution in [3.05, 3.63) is 0 Å². The average Bonchev–Trinajstić information content (AvgIpc) is 1.94. The molecule has 0 saturated carbocycles. The van der Waals surface area contributed by atoms with Crippen LogP contribution < -0.4 is 0 Å². The Morgan fingerprint density at radius 2 is 2.33 bits per heavy atom. The minimum absolute atomic E-state index is 0.0568. The van der Waals surface area contributed by atoms with Crippen LogP contribution in [0.4, 0.5) is 0 Å². The predicted octanol–water partition coefficient (Wildman–Crippen LogP) is -0.226. The van der Waals surface area contributed by atoms with Crippen molar-refractivity contribution in [3.63, 3.8) is 0 Å². The molecule has 12 heavy (non-hydrogen) atoms. The second-order valence-electron chi connectivity index (χ2n) is 3.48. The number of likely N-dealkylation sites (N-methyl/N-ethyl adjacent to an activating group) is 1. The number of aliphatic hydroxyl groups is 1. The van der Waals surface area contributed by atoms with Gasteiger partial charge in [0.2, 0.25) is 0 Å². The number of likely N-dealkylation sites (tertiary alicyclic amines) is 1. The third-order valence-electron chi connectivity index (χ3n) is 2.36. The van der Waals surface area contributed by atoms with Crippen molar-refractivity contribution >= 4 is 5.97 Å². The Kier molecular flexibility index (Phi) is 3.05. The molecule has 1 fully saturated rings. The summed E-state index contributed by atoms with van der Waals surface area (Å²) in [5.74, 6) is -0.873. The molecule has 1 saturated heterocycles. The second-order valence-corrected chi connectivity index (χ2v) is 3.48. The van der Waals surface area contributed by atoms with Gasteiger partial charge in [0.05, 0.1) is 12.5 Å². The van der Waals surface area contributed by atoms with Crippen molar-refractivity contribution in [1.82, 2.24) is 4.90 Å². The van der Waals surface area contributed by atoms with Crippen LogP contribution in [0.3, 0.4) is 0 Å². The fraction of sp³-hybridized carbons (Fsp3) is 0.875. The molecule has 70 valence electrons. The van der Waals surface area contributed by atoms with E-state index >= 15 is 0 Å². The molecule has 0 amide bonds. The van der Waals surface area contributed by atoms with Crippen molar-refractivity contribution < 1.29 is 15.0 Å². The number of piperidine rings is 1. The summed E-state index contributed by atoms with van der Waals surface area (Å²) in [7, 11) is 1.93. The van der Waals surface area contributed by atoms with Gasteiger partial charge in [-0.25, -0.2) is 0 Å². The number of aliphatic hydroxyl groups excluding tert-OH is 1. The third kappa shape index (κ3) is 2.46. The highest BCUT2D eigenvalue weighted by Gasteiger charge is 2.27. The van der Waals surface area contributed by atoms with Crippen LogP contribution in [0.25, 0.3) is 0 Å². The molecule has 1 rings (SSSR count). The van der Waals surface area contributed by atoms with E-state index in [1.807, 2.05) is 11.9 Å². The van der Waals surface area contributed by atoms with Gasteiger partial charge in [0, 0.05) is 6.54 Å². The first kappa shape index (κ1) is 9.48. The lowest BCUT2D eigenvalue weighted by Crippen LogP contribution is -2.42. The largest absolute Gasteiger partial charge is 0.481 e. The molecule has 1 aliphatic rings. The smallest absolute Gasteiger partial charge is 0.303 e. The number of carboxylic acid groups (broad SMARTS) is 1. The standard InChI is InChI=1S/C8H15NO3/c1-9-3-2-6(4-8(11)12)7(10)5-9/h6-7,10H,2-5H2,1H3,(H,11,12)/t6-,7+/m1/s1. The first-order valence-corrected chi connectivity index (χ1v) is 4.18. The minimum Gasteiger partial charge on any atom is -0.481 e. The maximum Gasteiger partial charge on any atom is 0.303 e. The van der Waals surface area contributed by atoms with Crippen molar-refractivity contribution in [2.75, 3.05) is 20.1 Å². The molecule has 0 aromatic heterocycles. The highest BCUT2D eigenvalue weighted by atomic mass is 16.4. The molecule has 4 nitrogen and oxygen atoms in total. The molecule has 0 aromatic rings. The highest BCUT2D eigenvalue weighted by Crippen LogP contribution is 2.19. The average molecular weight is 173 g/mol. The van der Waals surface area contributed by atoms with E-state index in [1.165, 1.54) is 0 Å². The van der Waals surface area contributed by atoms with Crippen LogP contribution in [0, 0.1) is 5.92 Å². The Balaban J connectivity index is 2.39. The summed E-state index contributed by atoms with van der Waals surface area (Å²) < 4.78 is 0. The van der Waals surface area contributed by atoms with Crippen LogP contribution >= 0.6 is 0 Å². The van der Waals surface area contributed by atoms with Gasteiger partial charge < -0.3 is 15.1 Å². The van der Waals surface area contributed by atoms with Gasteiger partial charge in [-0.15, -0.1) is 0 Å². The summed E-state index contributed by atoms with van der Waals surface area (Å²) in [4.78, 5) is 12.4. The van der Waals surface area contributed by atoms with E-state index in [0.29, 0.717) is 6.54 Å². The van der Waals surface area contributed by atoms with E-state index in [4.69, 9.17) is 5.11 Å². The van der Waals surface area contributed by atoms with Gasteiger partial charge in [0.25, 0.3) is 0 Å². The molecule has 1 heterocycles. The van der Waals surface area contributed by atoms with Gasteiger partial charge in [0.1, 0.15) is 0 Å². The van der Waals surface area contributed by atoms with Gasteiger partial charge in [0.15, 0.2) is 0 Å². The summed E-state index contributed by atoms with van der Waals surface area (Å²) in [6.07, 6.45) is 0.402. The van der Waals surface area contributed by atoms with Crippen LogP contribution in [-0.2, 0) is 4.79 Å². The van der Waals surface area contributed by atoms with E-state index in [9.17, 15) is 9.90 Å². The van der Waals surface area contributed by atoms with Crippen molar-refractivity contribution in [1.29, 1.82) is 0 Å². The monoisotopic (exact) mass is 173 g/mol. The molecule has 0 spiro atoms. The SMILES string of the molecule is CN1CC[C@H](CC(=O)O)[C@@H](O)C1. The number of β-amino-alcohol motifs (C(OH)–C–C–N with tert-alkyl or cyclic N) is 1. The molecule has 0 unspecified atom stereocenters. The molecule has 0 aliphatic carbocycles. The van der Waals surface area contributed by atoms with Crippen molar-refractivity contribution in [2.45, 2.75) is 18.9 Å². The molecule has 0 radical (unpaired) electrons. The number of aliphatic carboxylic acids is 1. The number of carbonyl (C=O) groups is 1. The minimum atomic E-state index is -0.816. The topological polar surface area (TPSA) is 60.8 Å². The Labute approximate surface area is 71.8 Å². The van der Waals surface area contributed by atoms with Gasteiger partial charge in [-0.1, -0.05) is 0 Å². The fourth-order valence-corrected chi connectivity index (χ4v) is 1.60. The molecular formula is C8H15NO3. The summed E-state index contributed by atoms with van der Waals surface area (Å²) in [5.41, 5.74) is 0. The van der Waals surface area contributed by atoms with Crippen LogP contribution in [0.1, 0.15) is 12.8 Å². The number of hydrogen-bond donors (Lipinski definition) is 2.